The lowest BCUT2D eigenvalue weighted by molar-refractivity contribution is -0.0473. The van der Waals surface area contributed by atoms with E-state index < -0.39 is 0 Å². The van der Waals surface area contributed by atoms with Gasteiger partial charge < -0.3 is 13.9 Å². The fourth-order valence-corrected chi connectivity index (χ4v) is 0.830. The van der Waals surface area contributed by atoms with E-state index in [-0.39, 0.29) is 6.29 Å². The first kappa shape index (κ1) is 5.88. The highest BCUT2D eigenvalue weighted by atomic mass is 16.7. The van der Waals surface area contributed by atoms with Crippen LogP contribution >= 0.6 is 0 Å². The van der Waals surface area contributed by atoms with E-state index in [1.807, 2.05) is 0 Å². The maximum absolute atomic E-state index is 5.13. The molecule has 2 heterocycles. The second kappa shape index (κ2) is 2.40. The molecule has 1 radical (unpaired) electrons. The van der Waals surface area contributed by atoms with Crippen LogP contribution in [-0.2, 0) is 9.47 Å². The minimum Gasteiger partial charge on any atom is -0.441 e. The average Bonchev–Trinajstić information content (AvgIpc) is 2.59. The van der Waals surface area contributed by atoms with Gasteiger partial charge in [-0.05, 0) is 0 Å². The Kier molecular flexibility index (Phi) is 1.41. The van der Waals surface area contributed by atoms with Crippen molar-refractivity contribution in [1.82, 2.24) is 4.98 Å². The lowest BCUT2D eigenvalue weighted by atomic mass is 10.5. The summed E-state index contributed by atoms with van der Waals surface area (Å²) in [6.07, 6.45) is 3.45. The first-order valence-corrected chi connectivity index (χ1v) is 3.01. The summed E-state index contributed by atoms with van der Waals surface area (Å²) in [5.74, 6) is 0. The molecule has 0 amide bonds. The van der Waals surface area contributed by atoms with Crippen molar-refractivity contribution in [3.05, 3.63) is 18.4 Å². The smallest absolute Gasteiger partial charge is 0.284 e. The summed E-state index contributed by atoms with van der Waals surface area (Å²) in [6.45, 7) is 1.25. The Morgan fingerprint density at radius 2 is 2.30 bits per heavy atom. The highest BCUT2D eigenvalue weighted by Crippen LogP contribution is 2.20. The van der Waals surface area contributed by atoms with E-state index in [1.165, 1.54) is 6.26 Å². The highest BCUT2D eigenvalue weighted by Gasteiger charge is 2.20. The van der Waals surface area contributed by atoms with E-state index >= 15 is 0 Å². The molecule has 0 saturated carbocycles. The zero-order valence-electron chi connectivity index (χ0n) is 5.24. The first-order valence-electron chi connectivity index (χ1n) is 3.01. The van der Waals surface area contributed by atoms with Crippen molar-refractivity contribution in [2.75, 3.05) is 13.2 Å². The molecule has 10 heavy (non-hydrogen) atoms. The van der Waals surface area contributed by atoms with Crippen molar-refractivity contribution in [1.29, 1.82) is 0 Å². The van der Waals surface area contributed by atoms with Crippen LogP contribution in [0.3, 0.4) is 0 Å². The number of hydrogen-bond donors (Lipinski definition) is 0. The van der Waals surface area contributed by atoms with Crippen LogP contribution in [0.4, 0.5) is 0 Å². The van der Waals surface area contributed by atoms with Crippen LogP contribution in [-0.4, -0.2) is 18.2 Å². The van der Waals surface area contributed by atoms with Crippen molar-refractivity contribution in [3.63, 3.8) is 0 Å². The zero-order chi connectivity index (χ0) is 6.81. The Balaban J connectivity index is 2.12. The molecule has 2 rings (SSSR count). The first-order chi connectivity index (χ1) is 4.97. The summed E-state index contributed by atoms with van der Waals surface area (Å²) in [4.78, 5) is 3.76. The van der Waals surface area contributed by atoms with Gasteiger partial charge in [0.1, 0.15) is 12.0 Å². The fraction of sp³-hybridized carbons (Fsp3) is 0.500. The molecule has 1 aromatic heterocycles. The second-order valence-electron chi connectivity index (χ2n) is 1.94. The molecule has 0 spiro atoms. The third-order valence-corrected chi connectivity index (χ3v) is 1.27. The van der Waals surface area contributed by atoms with Gasteiger partial charge in [0.2, 0.25) is 6.29 Å². The molecular formula is C6H6NO3. The van der Waals surface area contributed by atoms with E-state index in [0.717, 1.165) is 0 Å². The van der Waals surface area contributed by atoms with Crippen LogP contribution in [0, 0.1) is 6.39 Å². The van der Waals surface area contributed by atoms with E-state index in [4.69, 9.17) is 9.47 Å². The summed E-state index contributed by atoms with van der Waals surface area (Å²) in [7, 11) is 0. The van der Waals surface area contributed by atoms with Gasteiger partial charge in [0.25, 0.3) is 6.39 Å². The minimum absolute atomic E-state index is 0.338. The molecule has 0 aliphatic carbocycles. The number of oxazole rings is 1. The maximum Gasteiger partial charge on any atom is 0.284 e. The van der Waals surface area contributed by atoms with Crippen LogP contribution in [0.5, 0.6) is 0 Å². The third kappa shape index (κ3) is 0.913. The predicted octanol–water partition coefficient (Wildman–Crippen LogP) is 0.520. The Labute approximate surface area is 57.8 Å². The van der Waals surface area contributed by atoms with Gasteiger partial charge >= 0.3 is 0 Å². The van der Waals surface area contributed by atoms with Crippen molar-refractivity contribution < 1.29 is 13.9 Å². The molecule has 0 unspecified atom stereocenters. The van der Waals surface area contributed by atoms with Gasteiger partial charge in [-0.25, -0.2) is 4.98 Å². The Morgan fingerprint density at radius 1 is 1.50 bits per heavy atom. The molecular weight excluding hydrogens is 134 g/mol. The zero-order valence-corrected chi connectivity index (χ0v) is 5.24. The molecule has 1 aliphatic rings. The van der Waals surface area contributed by atoms with E-state index in [0.29, 0.717) is 18.9 Å². The molecule has 0 N–H and O–H groups in total. The number of hydrogen-bond acceptors (Lipinski definition) is 4. The lowest BCUT2D eigenvalue weighted by Gasteiger charge is -2.01. The fourth-order valence-electron chi connectivity index (χ4n) is 0.830. The SMILES string of the molecule is [c]1nc(C2OCCO2)co1. The summed E-state index contributed by atoms with van der Waals surface area (Å²) < 4.78 is 14.9. The molecule has 1 saturated heterocycles. The number of aromatic nitrogens is 1. The van der Waals surface area contributed by atoms with Crippen molar-refractivity contribution in [2.45, 2.75) is 6.29 Å². The maximum atomic E-state index is 5.13. The van der Waals surface area contributed by atoms with Gasteiger partial charge in [-0.2, -0.15) is 0 Å². The molecule has 0 atom stereocenters. The highest BCUT2D eigenvalue weighted by molar-refractivity contribution is 4.93. The van der Waals surface area contributed by atoms with Crippen LogP contribution < -0.4 is 0 Å². The summed E-state index contributed by atoms with van der Waals surface area (Å²) in [5.41, 5.74) is 0.650. The molecule has 0 aromatic carbocycles. The standard InChI is InChI=1S/C6H6NO3/c1-2-10-6(9-1)5-3-8-4-7-5/h3,6H,1-2H2. The van der Waals surface area contributed by atoms with Crippen LogP contribution in [0.1, 0.15) is 12.0 Å². The van der Waals surface area contributed by atoms with Crippen molar-refractivity contribution in [3.8, 4) is 0 Å². The van der Waals surface area contributed by atoms with E-state index in [1.54, 1.807) is 0 Å². The Hall–Kier alpha value is -0.870. The van der Waals surface area contributed by atoms with Gasteiger partial charge in [-0.15, -0.1) is 0 Å². The van der Waals surface area contributed by atoms with Gasteiger partial charge in [0.05, 0.1) is 13.2 Å². The largest absolute Gasteiger partial charge is 0.441 e. The molecule has 4 heteroatoms. The number of rotatable bonds is 1. The topological polar surface area (TPSA) is 44.5 Å². The van der Waals surface area contributed by atoms with E-state index in [2.05, 4.69) is 15.8 Å². The number of nitrogens with zero attached hydrogens (tertiary/aromatic N) is 1. The van der Waals surface area contributed by atoms with Crippen LogP contribution in [0.2, 0.25) is 0 Å². The summed E-state index contributed by atoms with van der Waals surface area (Å²) in [6, 6.07) is 0. The molecule has 1 aliphatic heterocycles. The van der Waals surface area contributed by atoms with Gasteiger partial charge in [0.15, 0.2) is 0 Å². The molecule has 4 nitrogen and oxygen atoms in total. The Morgan fingerprint density at radius 3 is 2.90 bits per heavy atom. The minimum atomic E-state index is -0.338. The second-order valence-corrected chi connectivity index (χ2v) is 1.94. The summed E-state index contributed by atoms with van der Waals surface area (Å²) in [5, 5.41) is 0. The van der Waals surface area contributed by atoms with Crippen molar-refractivity contribution >= 4 is 0 Å². The van der Waals surface area contributed by atoms with Crippen LogP contribution in [0.15, 0.2) is 10.7 Å². The third-order valence-electron chi connectivity index (χ3n) is 1.27. The van der Waals surface area contributed by atoms with Gasteiger partial charge in [0, 0.05) is 0 Å². The lowest BCUT2D eigenvalue weighted by Crippen LogP contribution is -1.97. The predicted molar refractivity (Wildman–Crippen MR) is 30.0 cm³/mol. The number of ether oxygens (including phenoxy) is 2. The normalized spacial score (nSPS) is 20.0. The average molecular weight is 140 g/mol. The van der Waals surface area contributed by atoms with Gasteiger partial charge in [-0.3, -0.25) is 0 Å². The quantitative estimate of drug-likeness (QED) is 0.570. The van der Waals surface area contributed by atoms with Gasteiger partial charge in [-0.1, -0.05) is 0 Å². The molecule has 1 fully saturated rings. The van der Waals surface area contributed by atoms with Crippen LogP contribution in [0.25, 0.3) is 0 Å². The van der Waals surface area contributed by atoms with Crippen molar-refractivity contribution in [2.24, 2.45) is 0 Å². The molecule has 1 aromatic rings. The summed E-state index contributed by atoms with van der Waals surface area (Å²) >= 11 is 0. The monoisotopic (exact) mass is 140 g/mol. The molecule has 53 valence electrons. The van der Waals surface area contributed by atoms with E-state index in [9.17, 15) is 0 Å². The Bertz CT molecular complexity index is 191. The molecule has 0 bridgehead atoms.